The van der Waals surface area contributed by atoms with Crippen molar-refractivity contribution < 1.29 is 4.74 Å². The first kappa shape index (κ1) is 11.9. The molecule has 0 atom stereocenters. The zero-order valence-corrected chi connectivity index (χ0v) is 11.6. The number of nitriles is 1. The van der Waals surface area contributed by atoms with Gasteiger partial charge in [-0.25, -0.2) is 4.98 Å². The number of nitrogens with zero attached hydrogens (tertiary/aromatic N) is 3. The largest absolute Gasteiger partial charge is 0.379 e. The van der Waals surface area contributed by atoms with Crippen molar-refractivity contribution in [3.05, 3.63) is 30.1 Å². The molecule has 0 spiro atoms. The zero-order chi connectivity index (χ0) is 13.8. The summed E-state index contributed by atoms with van der Waals surface area (Å²) in [5.41, 5.74) is 3.00. The maximum Gasteiger partial charge on any atom is 0.0955 e. The quantitative estimate of drug-likeness (QED) is 0.840. The van der Waals surface area contributed by atoms with Gasteiger partial charge in [0.2, 0.25) is 0 Å². The van der Waals surface area contributed by atoms with Gasteiger partial charge in [0.15, 0.2) is 0 Å². The predicted octanol–water partition coefficient (Wildman–Crippen LogP) is 2.54. The molecule has 0 unspecified atom stereocenters. The third-order valence-corrected chi connectivity index (χ3v) is 5.31. The van der Waals surface area contributed by atoms with E-state index in [9.17, 15) is 5.26 Å². The minimum Gasteiger partial charge on any atom is -0.379 e. The van der Waals surface area contributed by atoms with Crippen LogP contribution < -0.4 is 0 Å². The Labute approximate surface area is 118 Å². The smallest absolute Gasteiger partial charge is 0.0955 e. The second-order valence-corrected chi connectivity index (χ2v) is 6.18. The number of imidazole rings is 1. The molecule has 1 aliphatic heterocycles. The Bertz CT molecular complexity index is 717. The lowest BCUT2D eigenvalue weighted by Crippen LogP contribution is -2.61. The second kappa shape index (κ2) is 3.83. The lowest BCUT2D eigenvalue weighted by molar-refractivity contribution is -0.134. The number of aromatic nitrogens is 2. The standard InChI is InChI=1S/C16H17N3O/c1-19-11-18-13-7-12(3-4-14(13)19)16(9-20-10-16)15(8-17)5-2-6-15/h3-4,7,11H,2,5-6,9-10H2,1H3. The molecule has 2 fully saturated rings. The summed E-state index contributed by atoms with van der Waals surface area (Å²) >= 11 is 0. The van der Waals surface area contributed by atoms with Crippen LogP contribution in [0.3, 0.4) is 0 Å². The lowest BCUT2D eigenvalue weighted by Gasteiger charge is -2.56. The number of fused-ring (bicyclic) bond motifs is 1. The SMILES string of the molecule is Cn1cnc2cc(C3(C4(C#N)CCC4)COC3)ccc21. The van der Waals surface area contributed by atoms with Gasteiger partial charge < -0.3 is 9.30 Å². The fraction of sp³-hybridized carbons (Fsp3) is 0.500. The predicted molar refractivity (Wildman–Crippen MR) is 75.1 cm³/mol. The van der Waals surface area contributed by atoms with Crippen LogP contribution in [-0.2, 0) is 17.2 Å². The van der Waals surface area contributed by atoms with Gasteiger partial charge in [0, 0.05) is 7.05 Å². The van der Waals surface area contributed by atoms with E-state index < -0.39 is 0 Å². The van der Waals surface area contributed by atoms with E-state index in [-0.39, 0.29) is 10.8 Å². The number of benzene rings is 1. The van der Waals surface area contributed by atoms with Gasteiger partial charge in [0.25, 0.3) is 0 Å². The summed E-state index contributed by atoms with van der Waals surface area (Å²) < 4.78 is 7.54. The van der Waals surface area contributed by atoms with Gasteiger partial charge in [-0.1, -0.05) is 12.5 Å². The first-order valence-electron chi connectivity index (χ1n) is 7.11. The van der Waals surface area contributed by atoms with Gasteiger partial charge in [0.1, 0.15) is 0 Å². The van der Waals surface area contributed by atoms with E-state index in [1.807, 2.05) is 17.9 Å². The van der Waals surface area contributed by atoms with Crippen LogP contribution in [-0.4, -0.2) is 22.8 Å². The number of ether oxygens (including phenoxy) is 1. The van der Waals surface area contributed by atoms with Crippen molar-refractivity contribution in [3.8, 4) is 6.07 Å². The monoisotopic (exact) mass is 267 g/mol. The molecule has 102 valence electrons. The van der Waals surface area contributed by atoms with E-state index in [0.29, 0.717) is 13.2 Å². The Morgan fingerprint density at radius 2 is 2.15 bits per heavy atom. The van der Waals surface area contributed by atoms with Crippen molar-refractivity contribution in [2.75, 3.05) is 13.2 Å². The van der Waals surface area contributed by atoms with Crippen LogP contribution in [0.2, 0.25) is 0 Å². The number of hydrogen-bond donors (Lipinski definition) is 0. The van der Waals surface area contributed by atoms with Gasteiger partial charge in [-0.05, 0) is 30.5 Å². The molecule has 0 radical (unpaired) electrons. The van der Waals surface area contributed by atoms with Crippen LogP contribution in [0.5, 0.6) is 0 Å². The molecule has 20 heavy (non-hydrogen) atoms. The molecule has 0 N–H and O–H groups in total. The molecule has 2 heterocycles. The Morgan fingerprint density at radius 1 is 1.35 bits per heavy atom. The van der Waals surface area contributed by atoms with E-state index in [4.69, 9.17) is 4.74 Å². The highest BCUT2D eigenvalue weighted by Crippen LogP contribution is 2.58. The minimum atomic E-state index is -0.228. The Morgan fingerprint density at radius 3 is 2.70 bits per heavy atom. The van der Waals surface area contributed by atoms with Gasteiger partial charge in [0.05, 0.1) is 47.5 Å². The summed E-state index contributed by atoms with van der Waals surface area (Å²) in [4.78, 5) is 4.44. The lowest BCUT2D eigenvalue weighted by atomic mass is 9.50. The van der Waals surface area contributed by atoms with Crippen molar-refractivity contribution in [1.29, 1.82) is 5.26 Å². The molecule has 2 aromatic rings. The van der Waals surface area contributed by atoms with Crippen LogP contribution >= 0.6 is 0 Å². The molecule has 1 saturated carbocycles. The van der Waals surface area contributed by atoms with Crippen molar-refractivity contribution >= 4 is 11.0 Å². The van der Waals surface area contributed by atoms with Gasteiger partial charge in [-0.15, -0.1) is 0 Å². The Balaban J connectivity index is 1.86. The maximum atomic E-state index is 9.69. The average molecular weight is 267 g/mol. The van der Waals surface area contributed by atoms with E-state index >= 15 is 0 Å². The van der Waals surface area contributed by atoms with Gasteiger partial charge in [-0.2, -0.15) is 5.26 Å². The normalized spacial score (nSPS) is 22.8. The highest BCUT2D eigenvalue weighted by molar-refractivity contribution is 5.76. The maximum absolute atomic E-state index is 9.69. The summed E-state index contributed by atoms with van der Waals surface area (Å²) in [5, 5.41) is 9.69. The van der Waals surface area contributed by atoms with Crippen LogP contribution in [0.1, 0.15) is 24.8 Å². The van der Waals surface area contributed by atoms with Crippen LogP contribution in [0, 0.1) is 16.7 Å². The van der Waals surface area contributed by atoms with Crippen LogP contribution in [0.4, 0.5) is 0 Å². The van der Waals surface area contributed by atoms with E-state index in [1.165, 1.54) is 5.56 Å². The fourth-order valence-electron chi connectivity index (χ4n) is 3.69. The topological polar surface area (TPSA) is 50.8 Å². The van der Waals surface area contributed by atoms with E-state index in [1.54, 1.807) is 0 Å². The molecule has 0 amide bonds. The molecular weight excluding hydrogens is 250 g/mol. The summed E-state index contributed by atoms with van der Waals surface area (Å²) in [6, 6.07) is 9.02. The van der Waals surface area contributed by atoms with E-state index in [2.05, 4.69) is 29.3 Å². The summed E-state index contributed by atoms with van der Waals surface area (Å²) in [6.07, 6.45) is 4.98. The van der Waals surface area contributed by atoms with Crippen molar-refractivity contribution in [2.24, 2.45) is 12.5 Å². The number of aryl methyl sites for hydroxylation is 1. The number of hydrogen-bond acceptors (Lipinski definition) is 3. The summed E-state index contributed by atoms with van der Waals surface area (Å²) in [7, 11) is 2.00. The Kier molecular flexibility index (Phi) is 2.28. The molecule has 4 heteroatoms. The van der Waals surface area contributed by atoms with Crippen molar-refractivity contribution in [3.63, 3.8) is 0 Å². The van der Waals surface area contributed by atoms with Gasteiger partial charge >= 0.3 is 0 Å². The zero-order valence-electron chi connectivity index (χ0n) is 11.6. The van der Waals surface area contributed by atoms with Crippen LogP contribution in [0.25, 0.3) is 11.0 Å². The Hall–Kier alpha value is -1.86. The molecule has 4 nitrogen and oxygen atoms in total. The number of rotatable bonds is 2. The first-order chi connectivity index (χ1) is 9.71. The first-order valence-corrected chi connectivity index (χ1v) is 7.11. The molecule has 1 aromatic heterocycles. The van der Waals surface area contributed by atoms with E-state index in [0.717, 1.165) is 30.3 Å². The third kappa shape index (κ3) is 1.26. The van der Waals surface area contributed by atoms with Crippen molar-refractivity contribution in [1.82, 2.24) is 9.55 Å². The summed E-state index contributed by atoms with van der Waals surface area (Å²) in [6.45, 7) is 1.33. The minimum absolute atomic E-state index is 0.119. The highest BCUT2D eigenvalue weighted by atomic mass is 16.5. The van der Waals surface area contributed by atoms with Crippen molar-refractivity contribution in [2.45, 2.75) is 24.7 Å². The molecule has 1 saturated heterocycles. The summed E-state index contributed by atoms with van der Waals surface area (Å²) in [5.74, 6) is 0. The molecule has 2 aliphatic rings. The molecule has 0 bridgehead atoms. The molecule has 1 aromatic carbocycles. The van der Waals surface area contributed by atoms with Gasteiger partial charge in [-0.3, -0.25) is 0 Å². The highest BCUT2D eigenvalue weighted by Gasteiger charge is 2.60. The second-order valence-electron chi connectivity index (χ2n) is 6.18. The third-order valence-electron chi connectivity index (χ3n) is 5.31. The molecule has 1 aliphatic carbocycles. The molecule has 4 rings (SSSR count). The van der Waals surface area contributed by atoms with Crippen LogP contribution in [0.15, 0.2) is 24.5 Å². The fourth-order valence-corrected chi connectivity index (χ4v) is 3.69. The average Bonchev–Trinajstić information content (AvgIpc) is 2.73. The molecular formula is C16H17N3O.